The number of rotatable bonds is 8. The number of hydrogen-bond acceptors (Lipinski definition) is 4. The Morgan fingerprint density at radius 3 is 2.26 bits per heavy atom. The Bertz CT molecular complexity index is 970. The largest absolute Gasteiger partial charge is 0.497 e. The van der Waals surface area contributed by atoms with E-state index in [9.17, 15) is 4.79 Å². The molecule has 1 aliphatic rings. The molecule has 1 amide bonds. The Kier molecular flexibility index (Phi) is 6.81. The van der Waals surface area contributed by atoms with Crippen LogP contribution in [0.25, 0.3) is 6.08 Å². The lowest BCUT2D eigenvalue weighted by Crippen LogP contribution is -2.42. The number of methoxy groups -OCH3 is 1. The summed E-state index contributed by atoms with van der Waals surface area (Å²) in [7, 11) is 8.24. The Balaban J connectivity index is 1.76. The third-order valence-electron chi connectivity index (χ3n) is 5.37. The summed E-state index contributed by atoms with van der Waals surface area (Å²) in [5.74, 6) is 0.674. The number of carbonyl (C=O) groups is 1. The van der Waals surface area contributed by atoms with Crippen LogP contribution >= 0.6 is 0 Å². The predicted octanol–water partition coefficient (Wildman–Crippen LogP) is 4.03. The number of nitrogens with zero attached hydrogens (tertiary/aromatic N) is 4. The number of amides is 1. The topological polar surface area (TPSA) is 45.1 Å². The molecule has 6 heteroatoms. The lowest BCUT2D eigenvalue weighted by Gasteiger charge is -2.29. The van der Waals surface area contributed by atoms with Crippen LogP contribution in [0.3, 0.4) is 0 Å². The van der Waals surface area contributed by atoms with Crippen molar-refractivity contribution in [3.63, 3.8) is 0 Å². The van der Waals surface area contributed by atoms with E-state index < -0.39 is 0 Å². The standard InChI is InChI=1S/C25H33N4O2/c1-7-27(16-17-29(3,4)5)21-10-12-22(13-11-21)28-25(30)24(19(2)26-28)18-20-8-14-23(31-6)15-9-20/h8-15,18H,7,16-17H2,1-6H3/q+1/b24-18+. The number of anilines is 2. The molecule has 2 aromatic rings. The van der Waals surface area contributed by atoms with Crippen molar-refractivity contribution in [3.8, 4) is 5.75 Å². The molecule has 0 saturated carbocycles. The van der Waals surface area contributed by atoms with Gasteiger partial charge in [-0.25, -0.2) is 0 Å². The number of hydrogen-bond donors (Lipinski definition) is 0. The van der Waals surface area contributed by atoms with E-state index in [-0.39, 0.29) is 5.91 Å². The van der Waals surface area contributed by atoms with Crippen LogP contribution in [0.4, 0.5) is 11.4 Å². The first-order chi connectivity index (χ1) is 14.7. The van der Waals surface area contributed by atoms with Gasteiger partial charge in [-0.15, -0.1) is 0 Å². The molecule has 0 fully saturated rings. The lowest BCUT2D eigenvalue weighted by atomic mass is 10.1. The van der Waals surface area contributed by atoms with Crippen molar-refractivity contribution < 1.29 is 14.0 Å². The SMILES string of the molecule is CCN(CC[N+](C)(C)C)c1ccc(N2N=C(C)/C(=C\c3ccc(OC)cc3)C2=O)cc1. The first-order valence-corrected chi connectivity index (χ1v) is 10.6. The fourth-order valence-electron chi connectivity index (χ4n) is 3.42. The Hall–Kier alpha value is -3.12. The number of carbonyl (C=O) groups excluding carboxylic acids is 1. The molecular formula is C25H33N4O2+. The molecule has 0 aromatic heterocycles. The number of likely N-dealkylation sites (N-methyl/N-ethyl adjacent to an activating group) is 2. The predicted molar refractivity (Wildman–Crippen MR) is 129 cm³/mol. The first-order valence-electron chi connectivity index (χ1n) is 10.6. The average Bonchev–Trinajstić information content (AvgIpc) is 3.02. The van der Waals surface area contributed by atoms with E-state index in [4.69, 9.17) is 4.74 Å². The Morgan fingerprint density at radius 2 is 1.71 bits per heavy atom. The van der Waals surface area contributed by atoms with Gasteiger partial charge in [-0.3, -0.25) is 4.79 Å². The second-order valence-corrected chi connectivity index (χ2v) is 8.74. The van der Waals surface area contributed by atoms with Crippen molar-refractivity contribution in [3.05, 3.63) is 59.7 Å². The summed E-state index contributed by atoms with van der Waals surface area (Å²) < 4.78 is 6.12. The molecule has 0 unspecified atom stereocenters. The van der Waals surface area contributed by atoms with E-state index in [2.05, 4.69) is 50.2 Å². The average molecular weight is 422 g/mol. The number of quaternary nitrogens is 1. The fraction of sp³-hybridized carbons (Fsp3) is 0.360. The maximum atomic E-state index is 13.0. The van der Waals surface area contributed by atoms with Gasteiger partial charge >= 0.3 is 0 Å². The van der Waals surface area contributed by atoms with Crippen LogP contribution in [0.2, 0.25) is 0 Å². The van der Waals surface area contributed by atoms with Gasteiger partial charge in [0.05, 0.1) is 58.3 Å². The fourth-order valence-corrected chi connectivity index (χ4v) is 3.42. The highest BCUT2D eigenvalue weighted by atomic mass is 16.5. The van der Waals surface area contributed by atoms with Crippen molar-refractivity contribution in [1.82, 2.24) is 0 Å². The molecule has 0 aliphatic carbocycles. The molecule has 0 bridgehead atoms. The van der Waals surface area contributed by atoms with Gasteiger partial charge in [0.15, 0.2) is 0 Å². The summed E-state index contributed by atoms with van der Waals surface area (Å²) in [6.07, 6.45) is 1.87. The summed E-state index contributed by atoms with van der Waals surface area (Å²) in [4.78, 5) is 15.4. The van der Waals surface area contributed by atoms with Gasteiger partial charge in [0.25, 0.3) is 5.91 Å². The minimum absolute atomic E-state index is 0.113. The van der Waals surface area contributed by atoms with Gasteiger partial charge in [0, 0.05) is 12.2 Å². The molecule has 2 aromatic carbocycles. The molecule has 31 heavy (non-hydrogen) atoms. The number of hydrazone groups is 1. The summed E-state index contributed by atoms with van der Waals surface area (Å²) >= 11 is 0. The Morgan fingerprint density at radius 1 is 1.06 bits per heavy atom. The van der Waals surface area contributed by atoms with Gasteiger partial charge in [0.2, 0.25) is 0 Å². The van der Waals surface area contributed by atoms with E-state index in [1.165, 1.54) is 5.01 Å². The third-order valence-corrected chi connectivity index (χ3v) is 5.37. The highest BCUT2D eigenvalue weighted by molar-refractivity contribution is 6.32. The van der Waals surface area contributed by atoms with Crippen LogP contribution in [0.15, 0.2) is 59.2 Å². The normalized spacial score (nSPS) is 15.4. The third kappa shape index (κ3) is 5.52. The summed E-state index contributed by atoms with van der Waals surface area (Å²) in [5, 5.41) is 5.99. The molecule has 0 N–H and O–H groups in total. The molecule has 164 valence electrons. The van der Waals surface area contributed by atoms with E-state index in [1.54, 1.807) is 7.11 Å². The van der Waals surface area contributed by atoms with Crippen LogP contribution in [-0.2, 0) is 4.79 Å². The summed E-state index contributed by atoms with van der Waals surface area (Å²) in [6.45, 7) is 7.01. The van der Waals surface area contributed by atoms with Gasteiger partial charge in [0.1, 0.15) is 5.75 Å². The van der Waals surface area contributed by atoms with Crippen molar-refractivity contribution in [2.75, 3.05) is 57.8 Å². The van der Waals surface area contributed by atoms with Gasteiger partial charge in [-0.05, 0) is 61.9 Å². The molecule has 0 spiro atoms. The maximum Gasteiger partial charge on any atom is 0.280 e. The highest BCUT2D eigenvalue weighted by Gasteiger charge is 2.28. The summed E-state index contributed by atoms with van der Waals surface area (Å²) in [6, 6.07) is 15.7. The van der Waals surface area contributed by atoms with Crippen molar-refractivity contribution >= 4 is 29.1 Å². The van der Waals surface area contributed by atoms with Gasteiger partial charge in [-0.1, -0.05) is 12.1 Å². The molecule has 6 nitrogen and oxygen atoms in total. The van der Waals surface area contributed by atoms with E-state index in [0.29, 0.717) is 11.3 Å². The second-order valence-electron chi connectivity index (χ2n) is 8.74. The van der Waals surface area contributed by atoms with E-state index in [1.807, 2.05) is 49.4 Å². The zero-order valence-corrected chi connectivity index (χ0v) is 19.4. The van der Waals surface area contributed by atoms with Crippen molar-refractivity contribution in [1.29, 1.82) is 0 Å². The molecule has 0 saturated heterocycles. The van der Waals surface area contributed by atoms with Crippen LogP contribution < -0.4 is 14.6 Å². The maximum absolute atomic E-state index is 13.0. The molecule has 0 atom stereocenters. The second kappa shape index (κ2) is 9.35. The number of ether oxygens (including phenoxy) is 1. The minimum Gasteiger partial charge on any atom is -0.497 e. The molecule has 1 heterocycles. The van der Waals surface area contributed by atoms with Gasteiger partial charge < -0.3 is 14.1 Å². The molecule has 0 radical (unpaired) electrons. The zero-order chi connectivity index (χ0) is 22.6. The van der Waals surface area contributed by atoms with E-state index in [0.717, 1.165) is 46.8 Å². The number of benzene rings is 2. The summed E-state index contributed by atoms with van der Waals surface area (Å²) in [5.41, 5.74) is 4.18. The van der Waals surface area contributed by atoms with Crippen LogP contribution in [0, 0.1) is 0 Å². The minimum atomic E-state index is -0.113. The van der Waals surface area contributed by atoms with Crippen LogP contribution in [-0.4, -0.2) is 64.0 Å². The highest BCUT2D eigenvalue weighted by Crippen LogP contribution is 2.27. The van der Waals surface area contributed by atoms with E-state index >= 15 is 0 Å². The van der Waals surface area contributed by atoms with Crippen LogP contribution in [0.5, 0.6) is 5.75 Å². The van der Waals surface area contributed by atoms with Crippen LogP contribution in [0.1, 0.15) is 19.4 Å². The zero-order valence-electron chi connectivity index (χ0n) is 19.4. The monoisotopic (exact) mass is 421 g/mol. The molecular weight excluding hydrogens is 388 g/mol. The lowest BCUT2D eigenvalue weighted by molar-refractivity contribution is -0.868. The van der Waals surface area contributed by atoms with Gasteiger partial charge in [-0.2, -0.15) is 10.1 Å². The quantitative estimate of drug-likeness (QED) is 0.477. The molecule has 3 rings (SSSR count). The van der Waals surface area contributed by atoms with Crippen molar-refractivity contribution in [2.24, 2.45) is 5.10 Å². The Labute approximate surface area is 185 Å². The molecule has 1 aliphatic heterocycles. The van der Waals surface area contributed by atoms with Crippen molar-refractivity contribution in [2.45, 2.75) is 13.8 Å². The first kappa shape index (κ1) is 22.6. The smallest absolute Gasteiger partial charge is 0.280 e.